The first kappa shape index (κ1) is 30.0. The van der Waals surface area contributed by atoms with E-state index in [1.807, 2.05) is 72.8 Å². The summed E-state index contributed by atoms with van der Waals surface area (Å²) in [6, 6.07) is 33.4. The van der Waals surface area contributed by atoms with Crippen molar-refractivity contribution in [1.82, 2.24) is 5.32 Å². The number of hydrogen-bond acceptors (Lipinski definition) is 6. The van der Waals surface area contributed by atoms with Crippen molar-refractivity contribution in [2.45, 2.75) is 38.6 Å². The first-order chi connectivity index (χ1) is 20.6. The molecule has 3 N–H and O–H groups in total. The minimum Gasteiger partial charge on any atom is -0.396 e. The van der Waals surface area contributed by atoms with Crippen LogP contribution in [0.25, 0.3) is 11.1 Å². The lowest BCUT2D eigenvalue weighted by molar-refractivity contribution is -0.268. The molecule has 1 fully saturated rings. The Balaban J connectivity index is 1.33. The Kier molecular flexibility index (Phi) is 10.5. The number of aliphatic hydroxyl groups is 2. The third kappa shape index (κ3) is 7.30. The van der Waals surface area contributed by atoms with Crippen LogP contribution in [0, 0.1) is 5.92 Å². The number of carbonyl (C=O) groups is 1. The number of ether oxygens (including phenoxy) is 2. The summed E-state index contributed by atoms with van der Waals surface area (Å²) in [5.41, 5.74) is 6.59. The van der Waals surface area contributed by atoms with Crippen LogP contribution in [0.1, 0.15) is 51.9 Å². The lowest BCUT2D eigenvalue weighted by Gasteiger charge is -2.41. The molecule has 42 heavy (non-hydrogen) atoms. The Hall–Kier alpha value is -3.46. The lowest BCUT2D eigenvalue weighted by Crippen LogP contribution is -2.38. The predicted octanol–water partition coefficient (Wildman–Crippen LogP) is 6.29. The summed E-state index contributed by atoms with van der Waals surface area (Å²) in [5.74, 6) is 1.42. The van der Waals surface area contributed by atoms with Gasteiger partial charge in [-0.05, 0) is 39.9 Å². The number of amides is 1. The molecule has 1 saturated heterocycles. The highest BCUT2D eigenvalue weighted by Gasteiger charge is 2.38. The molecule has 1 heterocycles. The number of hydrogen-bond donors (Lipinski definition) is 3. The van der Waals surface area contributed by atoms with Crippen LogP contribution < -0.4 is 5.32 Å². The fourth-order valence-electron chi connectivity index (χ4n) is 5.22. The van der Waals surface area contributed by atoms with Crippen molar-refractivity contribution in [3.8, 4) is 11.1 Å². The van der Waals surface area contributed by atoms with Crippen LogP contribution >= 0.6 is 11.8 Å². The summed E-state index contributed by atoms with van der Waals surface area (Å²) in [6.45, 7) is 2.70. The molecule has 4 aromatic rings. The second-order valence-corrected chi connectivity index (χ2v) is 11.6. The van der Waals surface area contributed by atoms with Crippen LogP contribution in [-0.2, 0) is 22.6 Å². The molecule has 218 valence electrons. The van der Waals surface area contributed by atoms with E-state index in [0.717, 1.165) is 39.1 Å². The van der Waals surface area contributed by atoms with Gasteiger partial charge in [0.1, 0.15) is 0 Å². The predicted molar refractivity (Wildman–Crippen MR) is 167 cm³/mol. The van der Waals surface area contributed by atoms with Crippen molar-refractivity contribution in [1.29, 1.82) is 0 Å². The van der Waals surface area contributed by atoms with Crippen LogP contribution in [0.2, 0.25) is 0 Å². The standard InChI is InChI=1S/C35H37NO5S/c1-24-32(23-42-20-19-37)40-35(41-33(24)27-13-11-25(22-38)12-14-27)29-17-15-26(16-18-29)31-10-6-5-9-30(31)21-36-34(39)28-7-3-2-4-8-28/h2-18,24,32-33,35,37-38H,19-23H2,1H3,(H,36,39)/t24-,32+,33+,35+/m0/s1. The van der Waals surface area contributed by atoms with Crippen LogP contribution in [0.15, 0.2) is 103 Å². The lowest BCUT2D eigenvalue weighted by atomic mass is 9.91. The van der Waals surface area contributed by atoms with Gasteiger partial charge in [0.15, 0.2) is 6.29 Å². The van der Waals surface area contributed by atoms with Gasteiger partial charge < -0.3 is 25.0 Å². The number of rotatable bonds is 11. The minimum atomic E-state index is -0.544. The molecule has 0 unspecified atom stereocenters. The molecule has 0 aliphatic carbocycles. The van der Waals surface area contributed by atoms with E-state index in [2.05, 4.69) is 30.4 Å². The maximum Gasteiger partial charge on any atom is 0.251 e. The molecule has 1 aliphatic rings. The van der Waals surface area contributed by atoms with E-state index in [-0.39, 0.29) is 37.2 Å². The third-order valence-corrected chi connectivity index (χ3v) is 8.66. The van der Waals surface area contributed by atoms with Gasteiger partial charge in [-0.15, -0.1) is 0 Å². The number of thioether (sulfide) groups is 1. The zero-order valence-corrected chi connectivity index (χ0v) is 24.5. The monoisotopic (exact) mass is 583 g/mol. The van der Waals surface area contributed by atoms with Gasteiger partial charge in [0.05, 0.1) is 25.4 Å². The van der Waals surface area contributed by atoms with Crippen LogP contribution in [0.3, 0.4) is 0 Å². The number of benzene rings is 4. The number of carbonyl (C=O) groups excluding carboxylic acids is 1. The molecule has 0 aromatic heterocycles. The fourth-order valence-corrected chi connectivity index (χ4v) is 6.13. The van der Waals surface area contributed by atoms with Gasteiger partial charge in [-0.1, -0.05) is 97.9 Å². The molecule has 1 amide bonds. The summed E-state index contributed by atoms with van der Waals surface area (Å²) in [6.07, 6.45) is -0.779. The molecule has 4 aromatic carbocycles. The van der Waals surface area contributed by atoms with Crippen LogP contribution in [0.5, 0.6) is 0 Å². The number of nitrogens with one attached hydrogen (secondary N) is 1. The van der Waals surface area contributed by atoms with Gasteiger partial charge in [-0.3, -0.25) is 4.79 Å². The Labute approximate surface area is 251 Å². The van der Waals surface area contributed by atoms with Gasteiger partial charge in [0.25, 0.3) is 5.91 Å². The topological polar surface area (TPSA) is 88.0 Å². The van der Waals surface area contributed by atoms with E-state index < -0.39 is 6.29 Å². The number of aliphatic hydroxyl groups excluding tert-OH is 2. The highest BCUT2D eigenvalue weighted by atomic mass is 32.2. The minimum absolute atomic E-state index is 0.00237. The molecule has 7 heteroatoms. The van der Waals surface area contributed by atoms with E-state index in [1.165, 1.54) is 0 Å². The fraction of sp³-hybridized carbons (Fsp3) is 0.286. The zero-order chi connectivity index (χ0) is 29.3. The quantitative estimate of drug-likeness (QED) is 0.180. The highest BCUT2D eigenvalue weighted by Crippen LogP contribution is 2.42. The average Bonchev–Trinajstić information content (AvgIpc) is 3.05. The van der Waals surface area contributed by atoms with E-state index in [4.69, 9.17) is 9.47 Å². The summed E-state index contributed by atoms with van der Waals surface area (Å²) >= 11 is 1.68. The summed E-state index contributed by atoms with van der Waals surface area (Å²) < 4.78 is 13.1. The van der Waals surface area contributed by atoms with E-state index >= 15 is 0 Å². The summed E-state index contributed by atoms with van der Waals surface area (Å²) in [4.78, 5) is 12.6. The SMILES string of the molecule is C[C@H]1[C@@H](CSCCO)O[C@@H](c2ccc(-c3ccccc3CNC(=O)c3ccccc3)cc2)O[C@H]1c1ccc(CO)cc1. The Morgan fingerprint density at radius 3 is 2.24 bits per heavy atom. The van der Waals surface area contributed by atoms with Gasteiger partial charge >= 0.3 is 0 Å². The molecule has 0 bridgehead atoms. The molecule has 0 saturated carbocycles. The van der Waals surface area contributed by atoms with Crippen molar-refractivity contribution in [3.05, 3.63) is 131 Å². The zero-order valence-electron chi connectivity index (χ0n) is 23.7. The maximum absolute atomic E-state index is 12.6. The van der Waals surface area contributed by atoms with Crippen molar-refractivity contribution in [2.24, 2.45) is 5.92 Å². The summed E-state index contributed by atoms with van der Waals surface area (Å²) in [7, 11) is 0. The third-order valence-electron chi connectivity index (χ3n) is 7.63. The van der Waals surface area contributed by atoms with Crippen molar-refractivity contribution in [2.75, 3.05) is 18.1 Å². The van der Waals surface area contributed by atoms with E-state index in [1.54, 1.807) is 23.9 Å². The van der Waals surface area contributed by atoms with Crippen molar-refractivity contribution < 1.29 is 24.5 Å². The summed E-state index contributed by atoms with van der Waals surface area (Å²) in [5, 5.41) is 21.8. The second kappa shape index (κ2) is 14.6. The van der Waals surface area contributed by atoms with Crippen LogP contribution in [-0.4, -0.2) is 40.3 Å². The van der Waals surface area contributed by atoms with E-state index in [0.29, 0.717) is 17.9 Å². The highest BCUT2D eigenvalue weighted by molar-refractivity contribution is 7.99. The Bertz CT molecular complexity index is 1430. The van der Waals surface area contributed by atoms with Gasteiger partial charge in [-0.2, -0.15) is 11.8 Å². The van der Waals surface area contributed by atoms with Gasteiger partial charge in [0, 0.05) is 35.1 Å². The molecule has 4 atom stereocenters. The first-order valence-electron chi connectivity index (χ1n) is 14.3. The molecule has 0 spiro atoms. The van der Waals surface area contributed by atoms with E-state index in [9.17, 15) is 15.0 Å². The van der Waals surface area contributed by atoms with Gasteiger partial charge in [-0.25, -0.2) is 0 Å². The Morgan fingerprint density at radius 1 is 0.833 bits per heavy atom. The molecule has 6 nitrogen and oxygen atoms in total. The maximum atomic E-state index is 12.6. The smallest absolute Gasteiger partial charge is 0.251 e. The van der Waals surface area contributed by atoms with Crippen molar-refractivity contribution >= 4 is 17.7 Å². The van der Waals surface area contributed by atoms with Gasteiger partial charge in [0.2, 0.25) is 0 Å². The second-order valence-electron chi connectivity index (χ2n) is 10.4. The average molecular weight is 584 g/mol. The largest absolute Gasteiger partial charge is 0.396 e. The van der Waals surface area contributed by atoms with Crippen LogP contribution in [0.4, 0.5) is 0 Å². The molecular formula is C35H37NO5S. The van der Waals surface area contributed by atoms with Crippen molar-refractivity contribution in [3.63, 3.8) is 0 Å². The Morgan fingerprint density at radius 2 is 1.52 bits per heavy atom. The molecule has 1 aliphatic heterocycles. The normalized spacial score (nSPS) is 20.3. The molecule has 5 rings (SSSR count). The molecule has 0 radical (unpaired) electrons. The molecular weight excluding hydrogens is 546 g/mol. The first-order valence-corrected chi connectivity index (χ1v) is 15.4.